The normalized spacial score (nSPS) is 14.5. The maximum Gasteiger partial charge on any atom is 0.120 e. The molecule has 0 amide bonds. The molecule has 2 aromatic carbocycles. The smallest absolute Gasteiger partial charge is 0.120 e. The number of phenolic OH excluding ortho intramolecular Hbond substituents is 1. The number of benzene rings is 2. The summed E-state index contributed by atoms with van der Waals surface area (Å²) in [6.45, 7) is 2.90. The van der Waals surface area contributed by atoms with Gasteiger partial charge in [0.05, 0.1) is 11.4 Å². The summed E-state index contributed by atoms with van der Waals surface area (Å²) in [4.78, 5) is 2.42. The largest absolute Gasteiger partial charge is 0.508 e. The highest BCUT2D eigenvalue weighted by molar-refractivity contribution is 5.70. The molecule has 20 heavy (non-hydrogen) atoms. The van der Waals surface area contributed by atoms with E-state index in [2.05, 4.69) is 28.4 Å². The van der Waals surface area contributed by atoms with Crippen molar-refractivity contribution >= 4 is 11.4 Å². The third kappa shape index (κ3) is 2.72. The van der Waals surface area contributed by atoms with Crippen molar-refractivity contribution in [1.29, 1.82) is 0 Å². The first-order chi connectivity index (χ1) is 9.84. The van der Waals surface area contributed by atoms with Crippen LogP contribution in [0.4, 0.5) is 11.4 Å². The number of rotatable bonds is 4. The molecule has 0 atom stereocenters. The maximum atomic E-state index is 9.82. The van der Waals surface area contributed by atoms with Crippen LogP contribution in [0.25, 0.3) is 0 Å². The second-order valence-electron chi connectivity index (χ2n) is 5.19. The second-order valence-corrected chi connectivity index (χ2v) is 5.19. The van der Waals surface area contributed by atoms with E-state index in [0.717, 1.165) is 24.3 Å². The third-order valence-electron chi connectivity index (χ3n) is 3.81. The second kappa shape index (κ2) is 5.87. The van der Waals surface area contributed by atoms with Gasteiger partial charge in [0.15, 0.2) is 0 Å². The van der Waals surface area contributed by atoms with Crippen LogP contribution in [0.3, 0.4) is 0 Å². The van der Waals surface area contributed by atoms with Crippen LogP contribution in [-0.2, 0) is 6.54 Å². The lowest BCUT2D eigenvalue weighted by molar-refractivity contribution is 0.469. The molecule has 1 saturated heterocycles. The van der Waals surface area contributed by atoms with E-state index in [-0.39, 0.29) is 0 Å². The Labute approximate surface area is 119 Å². The first-order valence-corrected chi connectivity index (χ1v) is 7.19. The van der Waals surface area contributed by atoms with Crippen molar-refractivity contribution in [3.63, 3.8) is 0 Å². The molecule has 2 N–H and O–H groups in total. The lowest BCUT2D eigenvalue weighted by Gasteiger charge is -2.22. The highest BCUT2D eigenvalue weighted by Crippen LogP contribution is 2.29. The number of nitrogens with one attached hydrogen (secondary N) is 1. The van der Waals surface area contributed by atoms with E-state index < -0.39 is 0 Å². The molecule has 0 aromatic heterocycles. The Kier molecular flexibility index (Phi) is 3.77. The van der Waals surface area contributed by atoms with Gasteiger partial charge in [0.2, 0.25) is 0 Å². The van der Waals surface area contributed by atoms with Gasteiger partial charge in [-0.3, -0.25) is 0 Å². The number of hydrogen-bond acceptors (Lipinski definition) is 3. The minimum Gasteiger partial charge on any atom is -0.508 e. The van der Waals surface area contributed by atoms with Crippen molar-refractivity contribution in [2.45, 2.75) is 19.4 Å². The molecular formula is C17H20N2O. The molecular weight excluding hydrogens is 248 g/mol. The van der Waals surface area contributed by atoms with Crippen LogP contribution in [0.1, 0.15) is 18.4 Å². The Balaban J connectivity index is 1.76. The first-order valence-electron chi connectivity index (χ1n) is 7.19. The highest BCUT2D eigenvalue weighted by atomic mass is 16.3. The SMILES string of the molecule is Oc1ccccc1CNc1ccccc1N1CCCC1. The summed E-state index contributed by atoms with van der Waals surface area (Å²) in [6, 6.07) is 15.9. The van der Waals surface area contributed by atoms with E-state index in [1.165, 1.54) is 18.5 Å². The van der Waals surface area contributed by atoms with Gasteiger partial charge in [-0.05, 0) is 31.0 Å². The van der Waals surface area contributed by atoms with Gasteiger partial charge in [0.1, 0.15) is 5.75 Å². The minimum absolute atomic E-state index is 0.346. The van der Waals surface area contributed by atoms with E-state index >= 15 is 0 Å². The van der Waals surface area contributed by atoms with Gasteiger partial charge in [0, 0.05) is 25.2 Å². The summed E-state index contributed by atoms with van der Waals surface area (Å²) in [7, 11) is 0. The summed E-state index contributed by atoms with van der Waals surface area (Å²) in [5.41, 5.74) is 3.32. The van der Waals surface area contributed by atoms with Gasteiger partial charge in [-0.15, -0.1) is 0 Å². The number of nitrogens with zero attached hydrogens (tertiary/aromatic N) is 1. The van der Waals surface area contributed by atoms with Crippen LogP contribution in [0.2, 0.25) is 0 Å². The Hall–Kier alpha value is -2.16. The number of hydrogen-bond donors (Lipinski definition) is 2. The Morgan fingerprint density at radius 3 is 2.45 bits per heavy atom. The Morgan fingerprint density at radius 2 is 1.65 bits per heavy atom. The molecule has 0 aliphatic carbocycles. The third-order valence-corrected chi connectivity index (χ3v) is 3.81. The molecule has 3 nitrogen and oxygen atoms in total. The van der Waals surface area contributed by atoms with E-state index in [0.29, 0.717) is 12.3 Å². The summed E-state index contributed by atoms with van der Waals surface area (Å²) < 4.78 is 0. The van der Waals surface area contributed by atoms with Crippen LogP contribution in [0.15, 0.2) is 48.5 Å². The molecule has 3 rings (SSSR count). The molecule has 0 radical (unpaired) electrons. The maximum absolute atomic E-state index is 9.82. The van der Waals surface area contributed by atoms with Gasteiger partial charge in [-0.25, -0.2) is 0 Å². The van der Waals surface area contributed by atoms with Crippen molar-refractivity contribution in [2.75, 3.05) is 23.3 Å². The topological polar surface area (TPSA) is 35.5 Å². The molecule has 2 aromatic rings. The van der Waals surface area contributed by atoms with E-state index in [1.54, 1.807) is 6.07 Å². The molecule has 104 valence electrons. The van der Waals surface area contributed by atoms with Gasteiger partial charge >= 0.3 is 0 Å². The van der Waals surface area contributed by atoms with Crippen LogP contribution >= 0.6 is 0 Å². The van der Waals surface area contributed by atoms with Gasteiger partial charge in [-0.1, -0.05) is 30.3 Å². The zero-order chi connectivity index (χ0) is 13.8. The first kappa shape index (κ1) is 12.9. The van der Waals surface area contributed by atoms with Crippen molar-refractivity contribution in [3.05, 3.63) is 54.1 Å². The van der Waals surface area contributed by atoms with Gasteiger partial charge in [0.25, 0.3) is 0 Å². The lowest BCUT2D eigenvalue weighted by atomic mass is 10.2. The molecule has 3 heteroatoms. The number of aromatic hydroxyl groups is 1. The summed E-state index contributed by atoms with van der Waals surface area (Å²) in [5, 5.41) is 13.3. The van der Waals surface area contributed by atoms with E-state index in [9.17, 15) is 5.11 Å². The number of anilines is 2. The molecule has 1 aliphatic rings. The average molecular weight is 268 g/mol. The number of phenols is 1. The molecule has 0 spiro atoms. The van der Waals surface area contributed by atoms with Crippen LogP contribution in [0.5, 0.6) is 5.75 Å². The predicted molar refractivity (Wildman–Crippen MR) is 83.3 cm³/mol. The van der Waals surface area contributed by atoms with E-state index in [4.69, 9.17) is 0 Å². The van der Waals surface area contributed by atoms with Crippen molar-refractivity contribution < 1.29 is 5.11 Å². The van der Waals surface area contributed by atoms with E-state index in [1.807, 2.05) is 24.3 Å². The summed E-state index contributed by atoms with van der Waals surface area (Å²) in [6.07, 6.45) is 2.54. The standard InChI is InChI=1S/C17H20N2O/c20-17-10-4-1-7-14(17)13-18-15-8-2-3-9-16(15)19-11-5-6-12-19/h1-4,7-10,18,20H,5-6,11-13H2. The molecule has 0 unspecified atom stereocenters. The fourth-order valence-electron chi connectivity index (χ4n) is 2.71. The van der Waals surface area contributed by atoms with Crippen molar-refractivity contribution in [1.82, 2.24) is 0 Å². The van der Waals surface area contributed by atoms with Crippen LogP contribution < -0.4 is 10.2 Å². The minimum atomic E-state index is 0.346. The van der Waals surface area contributed by atoms with Gasteiger partial charge < -0.3 is 15.3 Å². The average Bonchev–Trinajstić information content (AvgIpc) is 3.01. The summed E-state index contributed by atoms with van der Waals surface area (Å²) >= 11 is 0. The zero-order valence-corrected chi connectivity index (χ0v) is 11.5. The number of para-hydroxylation sites is 3. The Morgan fingerprint density at radius 1 is 0.950 bits per heavy atom. The molecule has 0 bridgehead atoms. The monoisotopic (exact) mass is 268 g/mol. The molecule has 1 fully saturated rings. The fraction of sp³-hybridized carbons (Fsp3) is 0.294. The molecule has 1 aliphatic heterocycles. The van der Waals surface area contributed by atoms with Crippen molar-refractivity contribution in [3.8, 4) is 5.75 Å². The lowest BCUT2D eigenvalue weighted by Crippen LogP contribution is -2.19. The zero-order valence-electron chi connectivity index (χ0n) is 11.5. The van der Waals surface area contributed by atoms with Crippen molar-refractivity contribution in [2.24, 2.45) is 0 Å². The fourth-order valence-corrected chi connectivity index (χ4v) is 2.71. The van der Waals surface area contributed by atoms with Gasteiger partial charge in [-0.2, -0.15) is 0 Å². The summed E-state index contributed by atoms with van der Waals surface area (Å²) in [5.74, 6) is 0.346. The highest BCUT2D eigenvalue weighted by Gasteiger charge is 2.15. The quantitative estimate of drug-likeness (QED) is 0.889. The Bertz CT molecular complexity index is 577. The van der Waals surface area contributed by atoms with Crippen LogP contribution in [-0.4, -0.2) is 18.2 Å². The van der Waals surface area contributed by atoms with Crippen LogP contribution in [0, 0.1) is 0 Å². The molecule has 1 heterocycles. The molecule has 0 saturated carbocycles. The predicted octanol–water partition coefficient (Wildman–Crippen LogP) is 3.60.